The molecule has 2 rings (SSSR count). The Kier molecular flexibility index (Phi) is 2.62. The predicted molar refractivity (Wildman–Crippen MR) is 55.3 cm³/mol. The van der Waals surface area contributed by atoms with Crippen molar-refractivity contribution in [3.8, 4) is 0 Å². The summed E-state index contributed by atoms with van der Waals surface area (Å²) in [5.41, 5.74) is 6.18. The molecule has 0 saturated heterocycles. The number of anilines is 1. The Morgan fingerprint density at radius 2 is 2.47 bits per heavy atom. The van der Waals surface area contributed by atoms with E-state index >= 15 is 0 Å². The van der Waals surface area contributed by atoms with E-state index in [1.165, 1.54) is 19.0 Å². The standard InChI is InChI=1S/C10H15N3O2/c1-2-15-10(14)8-5-12-13(9(8)11)6-7-3-4-7/h5,7H,2-4,6,11H2,1H3. The second kappa shape index (κ2) is 3.92. The number of carbonyl (C=O) groups excluding carboxylic acids is 1. The molecule has 0 bridgehead atoms. The zero-order valence-corrected chi connectivity index (χ0v) is 8.77. The molecule has 1 aromatic rings. The highest BCUT2D eigenvalue weighted by molar-refractivity contribution is 5.93. The van der Waals surface area contributed by atoms with Gasteiger partial charge in [-0.05, 0) is 25.7 Å². The van der Waals surface area contributed by atoms with Crippen LogP contribution in [0.25, 0.3) is 0 Å². The molecule has 15 heavy (non-hydrogen) atoms. The maximum Gasteiger partial charge on any atom is 0.343 e. The number of esters is 1. The minimum absolute atomic E-state index is 0.353. The second-order valence-electron chi connectivity index (χ2n) is 3.79. The van der Waals surface area contributed by atoms with Gasteiger partial charge in [0.15, 0.2) is 0 Å². The van der Waals surface area contributed by atoms with E-state index in [2.05, 4.69) is 5.10 Å². The summed E-state index contributed by atoms with van der Waals surface area (Å²) in [5.74, 6) is 0.708. The SMILES string of the molecule is CCOC(=O)c1cnn(CC2CC2)c1N. The van der Waals surface area contributed by atoms with E-state index in [1.807, 2.05) is 0 Å². The van der Waals surface area contributed by atoms with Crippen molar-refractivity contribution in [1.29, 1.82) is 0 Å². The average molecular weight is 209 g/mol. The third kappa shape index (κ3) is 2.11. The monoisotopic (exact) mass is 209 g/mol. The summed E-state index contributed by atoms with van der Waals surface area (Å²) in [7, 11) is 0. The Hall–Kier alpha value is -1.52. The van der Waals surface area contributed by atoms with Gasteiger partial charge in [0.2, 0.25) is 0 Å². The van der Waals surface area contributed by atoms with Gasteiger partial charge in [-0.25, -0.2) is 9.48 Å². The van der Waals surface area contributed by atoms with E-state index in [-0.39, 0.29) is 0 Å². The lowest BCUT2D eigenvalue weighted by Gasteiger charge is -2.03. The summed E-state index contributed by atoms with van der Waals surface area (Å²) < 4.78 is 6.55. The molecule has 1 aliphatic rings. The normalized spacial score (nSPS) is 15.3. The molecular formula is C10H15N3O2. The van der Waals surface area contributed by atoms with Crippen LogP contribution in [0.1, 0.15) is 30.1 Å². The summed E-state index contributed by atoms with van der Waals surface area (Å²) in [4.78, 5) is 11.4. The van der Waals surface area contributed by atoms with Gasteiger partial charge >= 0.3 is 5.97 Å². The van der Waals surface area contributed by atoms with Gasteiger partial charge in [0, 0.05) is 6.54 Å². The van der Waals surface area contributed by atoms with Crippen LogP contribution in [-0.4, -0.2) is 22.4 Å². The van der Waals surface area contributed by atoms with Gasteiger partial charge in [-0.1, -0.05) is 0 Å². The van der Waals surface area contributed by atoms with Crippen molar-refractivity contribution in [3.05, 3.63) is 11.8 Å². The molecule has 82 valence electrons. The van der Waals surface area contributed by atoms with Crippen molar-refractivity contribution in [2.75, 3.05) is 12.3 Å². The van der Waals surface area contributed by atoms with Crippen LogP contribution < -0.4 is 5.73 Å². The van der Waals surface area contributed by atoms with Gasteiger partial charge in [-0.3, -0.25) is 0 Å². The zero-order chi connectivity index (χ0) is 10.8. The topological polar surface area (TPSA) is 70.1 Å². The van der Waals surface area contributed by atoms with Crippen LogP contribution in [-0.2, 0) is 11.3 Å². The number of ether oxygens (including phenoxy) is 1. The van der Waals surface area contributed by atoms with Crippen molar-refractivity contribution < 1.29 is 9.53 Å². The Balaban J connectivity index is 2.11. The molecule has 1 saturated carbocycles. The van der Waals surface area contributed by atoms with E-state index in [9.17, 15) is 4.79 Å². The molecule has 0 unspecified atom stereocenters. The molecule has 2 N–H and O–H groups in total. The van der Waals surface area contributed by atoms with E-state index in [4.69, 9.17) is 10.5 Å². The Morgan fingerprint density at radius 3 is 3.07 bits per heavy atom. The Labute approximate surface area is 88.2 Å². The van der Waals surface area contributed by atoms with Crippen LogP contribution in [0.3, 0.4) is 0 Å². The highest BCUT2D eigenvalue weighted by atomic mass is 16.5. The molecule has 0 aliphatic heterocycles. The summed E-state index contributed by atoms with van der Waals surface area (Å²) >= 11 is 0. The van der Waals surface area contributed by atoms with Gasteiger partial charge in [0.25, 0.3) is 0 Å². The first-order chi connectivity index (χ1) is 7.22. The minimum Gasteiger partial charge on any atom is -0.462 e. The fraction of sp³-hybridized carbons (Fsp3) is 0.600. The third-order valence-corrected chi connectivity index (χ3v) is 2.50. The lowest BCUT2D eigenvalue weighted by Crippen LogP contribution is -2.10. The number of nitrogens with zero attached hydrogens (tertiary/aromatic N) is 2. The molecule has 1 aliphatic carbocycles. The Morgan fingerprint density at radius 1 is 1.73 bits per heavy atom. The lowest BCUT2D eigenvalue weighted by molar-refractivity contribution is 0.0527. The van der Waals surface area contributed by atoms with Crippen molar-refractivity contribution in [2.45, 2.75) is 26.3 Å². The summed E-state index contributed by atoms with van der Waals surface area (Å²) in [6.45, 7) is 2.93. The van der Waals surface area contributed by atoms with Crippen LogP contribution in [0.4, 0.5) is 5.82 Å². The number of aromatic nitrogens is 2. The quantitative estimate of drug-likeness (QED) is 0.752. The number of hydrogen-bond acceptors (Lipinski definition) is 4. The zero-order valence-electron chi connectivity index (χ0n) is 8.77. The number of carbonyl (C=O) groups is 1. The second-order valence-corrected chi connectivity index (χ2v) is 3.79. The molecule has 1 aromatic heterocycles. The fourth-order valence-electron chi connectivity index (χ4n) is 1.45. The largest absolute Gasteiger partial charge is 0.462 e. The highest BCUT2D eigenvalue weighted by Gasteiger charge is 2.24. The predicted octanol–water partition coefficient (Wildman–Crippen LogP) is 1.05. The van der Waals surface area contributed by atoms with Crippen LogP contribution >= 0.6 is 0 Å². The first-order valence-corrected chi connectivity index (χ1v) is 5.20. The smallest absolute Gasteiger partial charge is 0.343 e. The van der Waals surface area contributed by atoms with Crippen molar-refractivity contribution in [1.82, 2.24) is 9.78 Å². The van der Waals surface area contributed by atoms with Crippen molar-refractivity contribution in [3.63, 3.8) is 0 Å². The van der Waals surface area contributed by atoms with E-state index in [1.54, 1.807) is 11.6 Å². The summed E-state index contributed by atoms with van der Waals surface area (Å²) in [6.07, 6.45) is 3.94. The van der Waals surface area contributed by atoms with E-state index < -0.39 is 5.97 Å². The average Bonchev–Trinajstić information content (AvgIpc) is 2.93. The van der Waals surface area contributed by atoms with Gasteiger partial charge in [0.05, 0.1) is 12.8 Å². The molecule has 0 atom stereocenters. The fourth-order valence-corrected chi connectivity index (χ4v) is 1.45. The number of hydrogen-bond donors (Lipinski definition) is 1. The molecule has 1 fully saturated rings. The van der Waals surface area contributed by atoms with E-state index in [0.717, 1.165) is 6.54 Å². The van der Waals surface area contributed by atoms with E-state index in [0.29, 0.717) is 23.9 Å². The maximum atomic E-state index is 11.4. The molecule has 0 spiro atoms. The molecule has 1 heterocycles. The van der Waals surface area contributed by atoms with Crippen LogP contribution in [0.2, 0.25) is 0 Å². The molecular weight excluding hydrogens is 194 g/mol. The minimum atomic E-state index is -0.392. The molecule has 5 nitrogen and oxygen atoms in total. The van der Waals surface area contributed by atoms with Crippen molar-refractivity contribution in [2.24, 2.45) is 5.92 Å². The van der Waals surface area contributed by atoms with Crippen LogP contribution in [0.5, 0.6) is 0 Å². The number of rotatable bonds is 4. The molecule has 0 aromatic carbocycles. The van der Waals surface area contributed by atoms with Gasteiger partial charge in [0.1, 0.15) is 11.4 Å². The summed E-state index contributed by atoms with van der Waals surface area (Å²) in [5, 5.41) is 4.09. The molecule has 0 radical (unpaired) electrons. The molecule has 5 heteroatoms. The highest BCUT2D eigenvalue weighted by Crippen LogP contribution is 2.31. The first-order valence-electron chi connectivity index (χ1n) is 5.20. The van der Waals surface area contributed by atoms with Gasteiger partial charge < -0.3 is 10.5 Å². The van der Waals surface area contributed by atoms with Crippen LogP contribution in [0.15, 0.2) is 6.20 Å². The third-order valence-electron chi connectivity index (χ3n) is 2.50. The van der Waals surface area contributed by atoms with Gasteiger partial charge in [-0.2, -0.15) is 5.10 Å². The number of nitrogen functional groups attached to an aromatic ring is 1. The molecule has 0 amide bonds. The van der Waals surface area contributed by atoms with Crippen molar-refractivity contribution >= 4 is 11.8 Å². The Bertz CT molecular complexity index is 369. The lowest BCUT2D eigenvalue weighted by atomic mass is 10.3. The van der Waals surface area contributed by atoms with Crippen LogP contribution in [0, 0.1) is 5.92 Å². The number of nitrogens with two attached hydrogens (primary N) is 1. The van der Waals surface area contributed by atoms with Gasteiger partial charge in [-0.15, -0.1) is 0 Å². The first kappa shape index (κ1) is 10.0. The maximum absolute atomic E-state index is 11.4. The summed E-state index contributed by atoms with van der Waals surface area (Å²) in [6, 6.07) is 0.